The van der Waals surface area contributed by atoms with E-state index < -0.39 is 0 Å². The highest BCUT2D eigenvalue weighted by Gasteiger charge is 2.20. The summed E-state index contributed by atoms with van der Waals surface area (Å²) in [5.74, 6) is 2.09. The minimum absolute atomic E-state index is 1.00. The third-order valence-electron chi connectivity index (χ3n) is 2.56. The third-order valence-corrected chi connectivity index (χ3v) is 2.56. The second kappa shape index (κ2) is 5.72. The first-order valence-corrected chi connectivity index (χ1v) is 4.29. The largest absolute Gasteiger partial charge is 0.400 e. The van der Waals surface area contributed by atoms with Gasteiger partial charge in [0.15, 0.2) is 0 Å². The molecule has 1 aliphatic rings. The fraction of sp³-hybridized carbons (Fsp3) is 1.00. The SMILES string of the molecule is CCC1CCCC1C.CO. The minimum Gasteiger partial charge on any atom is -0.400 e. The van der Waals surface area contributed by atoms with Gasteiger partial charge in [-0.15, -0.1) is 0 Å². The lowest BCUT2D eigenvalue weighted by molar-refractivity contribution is 0.399. The van der Waals surface area contributed by atoms with Crippen LogP contribution in [-0.2, 0) is 0 Å². The van der Waals surface area contributed by atoms with Crippen LogP contribution in [0, 0.1) is 11.8 Å². The Balaban J connectivity index is 0.000000371. The van der Waals surface area contributed by atoms with E-state index in [0.29, 0.717) is 0 Å². The summed E-state index contributed by atoms with van der Waals surface area (Å²) in [7, 11) is 1.00. The molecule has 1 nitrogen and oxygen atoms in total. The van der Waals surface area contributed by atoms with Crippen molar-refractivity contribution < 1.29 is 5.11 Å². The molecule has 1 N–H and O–H groups in total. The molecule has 0 saturated heterocycles. The van der Waals surface area contributed by atoms with Crippen molar-refractivity contribution in [2.45, 2.75) is 39.5 Å². The normalized spacial score (nSPS) is 31.2. The van der Waals surface area contributed by atoms with Crippen LogP contribution in [0.1, 0.15) is 39.5 Å². The summed E-state index contributed by atoms with van der Waals surface area (Å²) in [5.41, 5.74) is 0. The third kappa shape index (κ3) is 2.70. The lowest BCUT2D eigenvalue weighted by atomic mass is 9.96. The lowest BCUT2D eigenvalue weighted by Gasteiger charge is -2.10. The summed E-state index contributed by atoms with van der Waals surface area (Å²) >= 11 is 0. The average molecular weight is 144 g/mol. The van der Waals surface area contributed by atoms with Crippen LogP contribution in [0.4, 0.5) is 0 Å². The Labute approximate surface area is 64.5 Å². The second-order valence-corrected chi connectivity index (χ2v) is 3.08. The van der Waals surface area contributed by atoms with E-state index in [-0.39, 0.29) is 0 Å². The van der Waals surface area contributed by atoms with Gasteiger partial charge in [-0.05, 0) is 11.8 Å². The second-order valence-electron chi connectivity index (χ2n) is 3.08. The molecule has 0 bridgehead atoms. The topological polar surface area (TPSA) is 20.2 Å². The molecule has 2 atom stereocenters. The smallest absolute Gasteiger partial charge is 0.0319 e. The minimum atomic E-state index is 1.00. The molecule has 2 unspecified atom stereocenters. The predicted molar refractivity (Wildman–Crippen MR) is 44.9 cm³/mol. The standard InChI is InChI=1S/C8H16.CH4O/c1-3-8-6-4-5-7(8)2;1-2/h7-8H,3-6H2,1-2H3;2H,1H3. The van der Waals surface area contributed by atoms with Crippen LogP contribution in [-0.4, -0.2) is 12.2 Å². The van der Waals surface area contributed by atoms with Crippen molar-refractivity contribution >= 4 is 0 Å². The van der Waals surface area contributed by atoms with Crippen molar-refractivity contribution in [3.05, 3.63) is 0 Å². The first kappa shape index (κ1) is 9.96. The quantitative estimate of drug-likeness (QED) is 0.599. The summed E-state index contributed by atoms with van der Waals surface area (Å²) in [6, 6.07) is 0. The van der Waals surface area contributed by atoms with E-state index in [0.717, 1.165) is 18.9 Å². The molecule has 62 valence electrons. The molecule has 1 heteroatoms. The van der Waals surface area contributed by atoms with E-state index in [2.05, 4.69) is 13.8 Å². The molecule has 0 aromatic rings. The molecule has 1 aliphatic carbocycles. The molecule has 0 heterocycles. The Morgan fingerprint density at radius 2 is 1.90 bits per heavy atom. The fourth-order valence-corrected chi connectivity index (χ4v) is 1.83. The Morgan fingerprint density at radius 3 is 2.10 bits per heavy atom. The summed E-state index contributed by atoms with van der Waals surface area (Å²) in [4.78, 5) is 0. The number of hydrogen-bond acceptors (Lipinski definition) is 1. The zero-order valence-electron chi connectivity index (χ0n) is 7.43. The molecular formula is C9H20O. The maximum atomic E-state index is 7.00. The fourth-order valence-electron chi connectivity index (χ4n) is 1.83. The predicted octanol–water partition coefficient (Wildman–Crippen LogP) is 2.44. The molecule has 0 aliphatic heterocycles. The number of hydrogen-bond donors (Lipinski definition) is 1. The van der Waals surface area contributed by atoms with E-state index in [1.807, 2.05) is 0 Å². The maximum Gasteiger partial charge on any atom is 0.0319 e. The van der Waals surface area contributed by atoms with Gasteiger partial charge in [-0.2, -0.15) is 0 Å². The Bertz CT molecular complexity index is 71.1. The molecule has 0 aromatic heterocycles. The van der Waals surface area contributed by atoms with Crippen molar-refractivity contribution in [3.63, 3.8) is 0 Å². The van der Waals surface area contributed by atoms with E-state index in [4.69, 9.17) is 5.11 Å². The van der Waals surface area contributed by atoms with Crippen molar-refractivity contribution in [1.82, 2.24) is 0 Å². The molecule has 0 amide bonds. The molecule has 1 fully saturated rings. The van der Waals surface area contributed by atoms with Gasteiger partial charge in [-0.25, -0.2) is 0 Å². The monoisotopic (exact) mass is 144 g/mol. The van der Waals surface area contributed by atoms with Gasteiger partial charge in [0.25, 0.3) is 0 Å². The summed E-state index contributed by atoms with van der Waals surface area (Å²) in [5, 5.41) is 7.00. The Morgan fingerprint density at radius 1 is 1.30 bits per heavy atom. The molecule has 10 heavy (non-hydrogen) atoms. The van der Waals surface area contributed by atoms with Gasteiger partial charge >= 0.3 is 0 Å². The van der Waals surface area contributed by atoms with E-state index in [9.17, 15) is 0 Å². The molecular weight excluding hydrogens is 124 g/mol. The molecule has 0 spiro atoms. The summed E-state index contributed by atoms with van der Waals surface area (Å²) in [6.07, 6.45) is 5.87. The lowest BCUT2D eigenvalue weighted by Crippen LogP contribution is -2.00. The first-order valence-electron chi connectivity index (χ1n) is 4.29. The zero-order chi connectivity index (χ0) is 7.98. The van der Waals surface area contributed by atoms with Crippen LogP contribution in [0.5, 0.6) is 0 Å². The van der Waals surface area contributed by atoms with Crippen LogP contribution in [0.3, 0.4) is 0 Å². The van der Waals surface area contributed by atoms with Crippen LogP contribution in [0.25, 0.3) is 0 Å². The van der Waals surface area contributed by atoms with Gasteiger partial charge in [-0.1, -0.05) is 39.5 Å². The Hall–Kier alpha value is -0.0400. The van der Waals surface area contributed by atoms with E-state index >= 15 is 0 Å². The maximum absolute atomic E-state index is 7.00. The van der Waals surface area contributed by atoms with Crippen molar-refractivity contribution in [3.8, 4) is 0 Å². The molecule has 1 saturated carbocycles. The van der Waals surface area contributed by atoms with Crippen molar-refractivity contribution in [2.24, 2.45) is 11.8 Å². The van der Waals surface area contributed by atoms with Crippen LogP contribution >= 0.6 is 0 Å². The molecule has 0 radical (unpaired) electrons. The van der Waals surface area contributed by atoms with E-state index in [1.54, 1.807) is 0 Å². The van der Waals surface area contributed by atoms with Crippen LogP contribution in [0.2, 0.25) is 0 Å². The van der Waals surface area contributed by atoms with Gasteiger partial charge < -0.3 is 5.11 Å². The van der Waals surface area contributed by atoms with Gasteiger partial charge in [-0.3, -0.25) is 0 Å². The van der Waals surface area contributed by atoms with Gasteiger partial charge in [0.2, 0.25) is 0 Å². The Kier molecular flexibility index (Phi) is 5.70. The van der Waals surface area contributed by atoms with E-state index in [1.165, 1.54) is 25.7 Å². The zero-order valence-corrected chi connectivity index (χ0v) is 7.43. The van der Waals surface area contributed by atoms with Gasteiger partial charge in [0, 0.05) is 7.11 Å². The molecule has 1 rings (SSSR count). The summed E-state index contributed by atoms with van der Waals surface area (Å²) in [6.45, 7) is 4.70. The highest BCUT2D eigenvalue weighted by atomic mass is 16.2. The van der Waals surface area contributed by atoms with Crippen molar-refractivity contribution in [1.29, 1.82) is 0 Å². The molecule has 0 aromatic carbocycles. The van der Waals surface area contributed by atoms with Crippen molar-refractivity contribution in [2.75, 3.05) is 7.11 Å². The average Bonchev–Trinajstić information content (AvgIpc) is 2.39. The number of aliphatic hydroxyl groups excluding tert-OH is 1. The van der Waals surface area contributed by atoms with Gasteiger partial charge in [0.1, 0.15) is 0 Å². The highest BCUT2D eigenvalue weighted by molar-refractivity contribution is 4.72. The highest BCUT2D eigenvalue weighted by Crippen LogP contribution is 2.32. The first-order chi connectivity index (χ1) is 4.84. The van der Waals surface area contributed by atoms with Gasteiger partial charge in [0.05, 0.1) is 0 Å². The van der Waals surface area contributed by atoms with Crippen LogP contribution in [0.15, 0.2) is 0 Å². The number of aliphatic hydroxyl groups is 1. The summed E-state index contributed by atoms with van der Waals surface area (Å²) < 4.78 is 0. The number of rotatable bonds is 1. The van der Waals surface area contributed by atoms with Crippen LogP contribution < -0.4 is 0 Å².